The molecule has 0 aromatic heterocycles. The molecule has 2 saturated heterocycles. The molecule has 4 amide bonds. The molecule has 3 fully saturated rings. The highest BCUT2D eigenvalue weighted by Crippen LogP contribution is 2.40. The molecule has 3 rings (SSSR count). The largest absolute Gasteiger partial charge is 0.344 e. The molecule has 1 aliphatic carbocycles. The van der Waals surface area contributed by atoms with Gasteiger partial charge < -0.3 is 20.9 Å². The van der Waals surface area contributed by atoms with Gasteiger partial charge in [0.1, 0.15) is 12.1 Å². The molecular weight excluding hydrogens is 596 g/mol. The zero-order valence-electron chi connectivity index (χ0n) is 28.7. The van der Waals surface area contributed by atoms with Crippen LogP contribution in [0.5, 0.6) is 0 Å². The van der Waals surface area contributed by atoms with Crippen molar-refractivity contribution in [2.45, 2.75) is 137 Å². The summed E-state index contributed by atoms with van der Waals surface area (Å²) in [4.78, 5) is 68.1. The summed E-state index contributed by atoms with van der Waals surface area (Å²) >= 11 is 0. The molecule has 6 atom stereocenters. The third kappa shape index (κ3) is 8.86. The Balaban J connectivity index is 1.86. The maximum absolute atomic E-state index is 14.4. The van der Waals surface area contributed by atoms with E-state index in [2.05, 4.69) is 16.0 Å². The van der Waals surface area contributed by atoms with Gasteiger partial charge in [0.25, 0.3) is 0 Å². The number of nitrogens with zero attached hydrogens (tertiary/aromatic N) is 1. The molecule has 256 valence electrons. The Kier molecular flexibility index (Phi) is 11.6. The van der Waals surface area contributed by atoms with E-state index in [0.717, 1.165) is 19.3 Å². The first-order valence-corrected chi connectivity index (χ1v) is 18.3. The summed E-state index contributed by atoms with van der Waals surface area (Å²) < 4.78 is 25.4. The molecule has 1 saturated carbocycles. The number of urea groups is 1. The van der Waals surface area contributed by atoms with Gasteiger partial charge in [-0.15, -0.1) is 0 Å². The van der Waals surface area contributed by atoms with Crippen molar-refractivity contribution < 1.29 is 32.4 Å². The van der Waals surface area contributed by atoms with Gasteiger partial charge >= 0.3 is 6.03 Å². The third-order valence-electron chi connectivity index (χ3n) is 10.4. The van der Waals surface area contributed by atoms with E-state index in [1.807, 2.05) is 55.4 Å². The van der Waals surface area contributed by atoms with Crippen molar-refractivity contribution in [2.24, 2.45) is 28.6 Å². The van der Waals surface area contributed by atoms with Crippen LogP contribution in [0.1, 0.15) is 107 Å². The van der Waals surface area contributed by atoms with Gasteiger partial charge in [0.2, 0.25) is 17.6 Å². The third-order valence-corrected chi connectivity index (χ3v) is 12.8. The quantitative estimate of drug-likeness (QED) is 0.289. The molecule has 0 spiro atoms. The van der Waals surface area contributed by atoms with Crippen molar-refractivity contribution >= 4 is 39.2 Å². The number of hydrogen-bond donors (Lipinski definition) is 3. The highest BCUT2D eigenvalue weighted by Gasteiger charge is 2.48. The maximum Gasteiger partial charge on any atom is 0.315 e. The van der Waals surface area contributed by atoms with E-state index in [4.69, 9.17) is 0 Å². The zero-order chi connectivity index (χ0) is 34.1. The minimum absolute atomic E-state index is 0.0301. The molecule has 3 N–H and O–H groups in total. The Hall–Kier alpha value is -2.50. The van der Waals surface area contributed by atoms with E-state index in [0.29, 0.717) is 25.7 Å². The normalized spacial score (nSPS) is 26.7. The summed E-state index contributed by atoms with van der Waals surface area (Å²) in [5.41, 5.74) is -1.05. The summed E-state index contributed by atoms with van der Waals surface area (Å²) in [6, 6.07) is -4.13. The van der Waals surface area contributed by atoms with Gasteiger partial charge in [-0.2, -0.15) is 0 Å². The van der Waals surface area contributed by atoms with Crippen LogP contribution in [0.2, 0.25) is 0 Å². The summed E-state index contributed by atoms with van der Waals surface area (Å²) in [5.74, 6) is -1.91. The number of piperidine rings is 1. The van der Waals surface area contributed by atoms with Gasteiger partial charge in [-0.05, 0) is 54.3 Å². The molecule has 0 aromatic carbocycles. The Morgan fingerprint density at radius 2 is 1.58 bits per heavy atom. The van der Waals surface area contributed by atoms with E-state index in [1.165, 1.54) is 11.8 Å². The number of ketones is 2. The predicted molar refractivity (Wildman–Crippen MR) is 173 cm³/mol. The predicted octanol–water partition coefficient (Wildman–Crippen LogP) is 3.40. The van der Waals surface area contributed by atoms with Crippen LogP contribution < -0.4 is 16.0 Å². The highest BCUT2D eigenvalue weighted by molar-refractivity contribution is 7.92. The molecule has 0 aromatic rings. The lowest BCUT2D eigenvalue weighted by Crippen LogP contribution is -2.65. The van der Waals surface area contributed by atoms with Gasteiger partial charge in [-0.1, -0.05) is 74.7 Å². The van der Waals surface area contributed by atoms with Crippen LogP contribution in [0.15, 0.2) is 0 Å². The number of nitrogens with one attached hydrogen (secondary N) is 3. The van der Waals surface area contributed by atoms with Crippen LogP contribution in [0.25, 0.3) is 0 Å². The summed E-state index contributed by atoms with van der Waals surface area (Å²) in [5, 5.41) is 7.85. The minimum atomic E-state index is -3.34. The second kappa shape index (κ2) is 14.1. The number of rotatable bonds is 11. The summed E-state index contributed by atoms with van der Waals surface area (Å²) in [7, 11) is -3.34. The van der Waals surface area contributed by atoms with Gasteiger partial charge in [0.15, 0.2) is 15.6 Å². The fraction of sp³-hybridized carbons (Fsp3) is 0.848. The average molecular weight is 653 g/mol. The van der Waals surface area contributed by atoms with E-state index >= 15 is 0 Å². The summed E-state index contributed by atoms with van der Waals surface area (Å²) in [6.45, 7) is 16.8. The highest BCUT2D eigenvalue weighted by atomic mass is 32.2. The first kappa shape index (κ1) is 37.0. The molecule has 3 aliphatic rings. The number of carbonyl (C=O) groups excluding carboxylic acids is 5. The number of hydrogen-bond acceptors (Lipinski definition) is 7. The first-order valence-electron chi connectivity index (χ1n) is 16.6. The second-order valence-corrected chi connectivity index (χ2v) is 18.2. The SMILES string of the molecule is CC(=O)C(=O)C(CC1CCC1)NC(=O)[C@@H]1CC(C)(C)C(C)CN1C(=O)[C@@H](NC(=O)NC(C(C)C)C1CCCS1(=O)=O)C(C)(C)C. The lowest BCUT2D eigenvalue weighted by Gasteiger charge is -2.49. The Morgan fingerprint density at radius 1 is 0.956 bits per heavy atom. The summed E-state index contributed by atoms with van der Waals surface area (Å²) in [6.07, 6.45) is 4.70. The second-order valence-electron chi connectivity index (χ2n) is 15.8. The van der Waals surface area contributed by atoms with Crippen molar-refractivity contribution in [3.8, 4) is 0 Å². The van der Waals surface area contributed by atoms with E-state index < -0.39 is 74.1 Å². The smallest absolute Gasteiger partial charge is 0.315 e. The minimum Gasteiger partial charge on any atom is -0.344 e. The van der Waals surface area contributed by atoms with Crippen LogP contribution in [-0.2, 0) is 29.0 Å². The van der Waals surface area contributed by atoms with Gasteiger partial charge in [-0.25, -0.2) is 13.2 Å². The number of carbonyl (C=O) groups is 5. The lowest BCUT2D eigenvalue weighted by molar-refractivity contribution is -0.151. The molecular formula is C33H56N4O7S. The topological polar surface area (TPSA) is 159 Å². The van der Waals surface area contributed by atoms with E-state index in [-0.39, 0.29) is 35.5 Å². The molecule has 2 heterocycles. The Morgan fingerprint density at radius 3 is 2.04 bits per heavy atom. The molecule has 11 nitrogen and oxygen atoms in total. The van der Waals surface area contributed by atoms with Crippen molar-refractivity contribution in [2.75, 3.05) is 12.3 Å². The number of amides is 4. The van der Waals surface area contributed by atoms with Crippen molar-refractivity contribution in [3.05, 3.63) is 0 Å². The Bertz CT molecular complexity index is 1250. The molecule has 0 radical (unpaired) electrons. The van der Waals surface area contributed by atoms with Gasteiger partial charge in [0.05, 0.1) is 17.0 Å². The standard InChI is InChI=1S/C33H56N4O7S/c1-19(2)26(25-14-11-15-45(25,43)44)35-31(42)36-28(32(5,6)7)30(41)37-18-20(3)33(8,9)17-24(37)29(40)34-23(27(39)21(4)38)16-22-12-10-13-22/h19-20,22-26,28H,10-18H2,1-9H3,(H,34,40)(H2,35,36,42)/t20?,23?,24-,25?,26?,28+/m0/s1. The van der Waals surface area contributed by atoms with Crippen LogP contribution in [-0.4, -0.2) is 84.4 Å². The first-order chi connectivity index (χ1) is 20.7. The van der Waals surface area contributed by atoms with E-state index in [1.54, 1.807) is 0 Å². The van der Waals surface area contributed by atoms with Crippen molar-refractivity contribution in [1.29, 1.82) is 0 Å². The maximum atomic E-state index is 14.4. The number of Topliss-reactive ketones (excluding diaryl/α,β-unsaturated/α-hetero) is 2. The van der Waals surface area contributed by atoms with Crippen molar-refractivity contribution in [3.63, 3.8) is 0 Å². The molecule has 12 heteroatoms. The van der Waals surface area contributed by atoms with Crippen molar-refractivity contribution in [1.82, 2.24) is 20.9 Å². The Labute approximate surface area is 269 Å². The van der Waals surface area contributed by atoms with Crippen LogP contribution in [0.3, 0.4) is 0 Å². The zero-order valence-corrected chi connectivity index (χ0v) is 29.5. The van der Waals surface area contributed by atoms with E-state index in [9.17, 15) is 32.4 Å². The fourth-order valence-corrected chi connectivity index (χ4v) is 9.04. The number of likely N-dealkylation sites (tertiary alicyclic amines) is 1. The fourth-order valence-electron chi connectivity index (χ4n) is 6.81. The molecule has 4 unspecified atom stereocenters. The molecule has 45 heavy (non-hydrogen) atoms. The molecule has 0 bridgehead atoms. The van der Waals surface area contributed by atoms with Gasteiger partial charge in [0, 0.05) is 19.5 Å². The van der Waals surface area contributed by atoms with Gasteiger partial charge in [-0.3, -0.25) is 19.2 Å². The molecule has 2 aliphatic heterocycles. The average Bonchev–Trinajstić information content (AvgIpc) is 3.24. The number of sulfone groups is 1. The van der Waals surface area contributed by atoms with Crippen LogP contribution in [0, 0.1) is 28.6 Å². The monoisotopic (exact) mass is 652 g/mol. The van der Waals surface area contributed by atoms with Crippen LogP contribution >= 0.6 is 0 Å². The van der Waals surface area contributed by atoms with Crippen LogP contribution in [0.4, 0.5) is 4.79 Å². The lowest BCUT2D eigenvalue weighted by atomic mass is 9.70.